The smallest absolute Gasteiger partial charge is 0.0264 e. The summed E-state index contributed by atoms with van der Waals surface area (Å²) in [5.41, 5.74) is 2.95. The Bertz CT molecular complexity index is 540. The first kappa shape index (κ1) is 14.0. The number of benzene rings is 2. The SMILES string of the molecule is c1ccc(C[C@H]2CN3CCN2C[C@@H]3Cc2ccccc2)cc1. The zero-order valence-corrected chi connectivity index (χ0v) is 13.1. The summed E-state index contributed by atoms with van der Waals surface area (Å²) >= 11 is 0. The lowest BCUT2D eigenvalue weighted by atomic mass is 9.93. The highest BCUT2D eigenvalue weighted by atomic mass is 15.4. The van der Waals surface area contributed by atoms with Crippen LogP contribution in [0.2, 0.25) is 0 Å². The summed E-state index contributed by atoms with van der Waals surface area (Å²) in [4.78, 5) is 5.45. The van der Waals surface area contributed by atoms with E-state index in [4.69, 9.17) is 0 Å². The van der Waals surface area contributed by atoms with Gasteiger partial charge in [0.2, 0.25) is 0 Å². The van der Waals surface area contributed by atoms with Gasteiger partial charge >= 0.3 is 0 Å². The second-order valence-corrected chi connectivity index (χ2v) is 6.68. The van der Waals surface area contributed by atoms with Gasteiger partial charge in [0.1, 0.15) is 0 Å². The second kappa shape index (κ2) is 6.23. The van der Waals surface area contributed by atoms with Crippen molar-refractivity contribution < 1.29 is 0 Å². The van der Waals surface area contributed by atoms with Crippen LogP contribution in [0.3, 0.4) is 0 Å². The van der Waals surface area contributed by atoms with Gasteiger partial charge in [-0.2, -0.15) is 0 Å². The van der Waals surface area contributed by atoms with Gasteiger partial charge in [-0.3, -0.25) is 9.80 Å². The lowest BCUT2D eigenvalue weighted by molar-refractivity contribution is -0.0288. The fourth-order valence-electron chi connectivity index (χ4n) is 4.03. The quantitative estimate of drug-likeness (QED) is 0.855. The predicted octanol–water partition coefficient (Wildman–Crippen LogP) is 2.84. The van der Waals surface area contributed by atoms with E-state index in [2.05, 4.69) is 70.5 Å². The van der Waals surface area contributed by atoms with E-state index in [0.29, 0.717) is 12.1 Å². The van der Waals surface area contributed by atoms with E-state index in [-0.39, 0.29) is 0 Å². The summed E-state index contributed by atoms with van der Waals surface area (Å²) in [5, 5.41) is 0. The molecule has 3 saturated heterocycles. The molecular formula is C20H24N2. The van der Waals surface area contributed by atoms with Gasteiger partial charge in [-0.1, -0.05) is 60.7 Å². The normalized spacial score (nSPS) is 30.4. The van der Waals surface area contributed by atoms with Gasteiger partial charge in [-0.15, -0.1) is 0 Å². The van der Waals surface area contributed by atoms with E-state index >= 15 is 0 Å². The van der Waals surface area contributed by atoms with Crippen LogP contribution < -0.4 is 0 Å². The third kappa shape index (κ3) is 2.94. The number of hydrogen-bond acceptors (Lipinski definition) is 2. The molecule has 2 nitrogen and oxygen atoms in total. The maximum atomic E-state index is 2.72. The lowest BCUT2D eigenvalue weighted by Gasteiger charge is -2.52. The van der Waals surface area contributed by atoms with Gasteiger partial charge in [0.15, 0.2) is 0 Å². The van der Waals surface area contributed by atoms with Crippen molar-refractivity contribution in [1.29, 1.82) is 0 Å². The Morgan fingerprint density at radius 3 is 1.41 bits per heavy atom. The molecule has 0 aliphatic carbocycles. The maximum absolute atomic E-state index is 2.72. The molecule has 0 aromatic heterocycles. The molecule has 0 N–H and O–H groups in total. The Morgan fingerprint density at radius 1 is 0.636 bits per heavy atom. The van der Waals surface area contributed by atoms with Gasteiger partial charge in [-0.05, 0) is 24.0 Å². The summed E-state index contributed by atoms with van der Waals surface area (Å²) < 4.78 is 0. The Labute approximate surface area is 133 Å². The number of nitrogens with zero attached hydrogens (tertiary/aromatic N) is 2. The Kier molecular flexibility index (Phi) is 3.96. The molecule has 0 spiro atoms. The van der Waals surface area contributed by atoms with Gasteiger partial charge in [0.25, 0.3) is 0 Å². The van der Waals surface area contributed by atoms with Crippen LogP contribution in [0.15, 0.2) is 60.7 Å². The van der Waals surface area contributed by atoms with Crippen LogP contribution in [0.4, 0.5) is 0 Å². The second-order valence-electron chi connectivity index (χ2n) is 6.68. The van der Waals surface area contributed by atoms with E-state index in [0.717, 1.165) is 0 Å². The molecule has 2 bridgehead atoms. The fraction of sp³-hybridized carbons (Fsp3) is 0.400. The van der Waals surface area contributed by atoms with Gasteiger partial charge in [0, 0.05) is 38.3 Å². The third-order valence-electron chi connectivity index (χ3n) is 5.23. The first-order valence-corrected chi connectivity index (χ1v) is 8.44. The van der Waals surface area contributed by atoms with Crippen molar-refractivity contribution in [1.82, 2.24) is 9.80 Å². The van der Waals surface area contributed by atoms with Crippen LogP contribution in [0.1, 0.15) is 11.1 Å². The lowest BCUT2D eigenvalue weighted by Crippen LogP contribution is -2.66. The first-order chi connectivity index (χ1) is 10.9. The molecule has 3 heterocycles. The molecule has 22 heavy (non-hydrogen) atoms. The zero-order chi connectivity index (χ0) is 14.8. The number of fused-ring (bicyclic) bond motifs is 3. The standard InChI is InChI=1S/C20H24N2/c1-3-7-17(8-4-1)13-19-15-22-12-11-21(19)16-20(22)14-18-9-5-2-6-10-18/h1-10,19-20H,11-16H2/t19-,20-/m0/s1. The molecule has 2 aromatic carbocycles. The fourth-order valence-corrected chi connectivity index (χ4v) is 4.03. The average molecular weight is 292 g/mol. The van der Waals surface area contributed by atoms with Crippen molar-refractivity contribution in [3.05, 3.63) is 71.8 Å². The first-order valence-electron chi connectivity index (χ1n) is 8.44. The van der Waals surface area contributed by atoms with Crippen molar-refractivity contribution in [3.8, 4) is 0 Å². The molecule has 0 amide bonds. The predicted molar refractivity (Wildman–Crippen MR) is 91.0 cm³/mol. The molecule has 2 heteroatoms. The molecule has 3 aliphatic heterocycles. The van der Waals surface area contributed by atoms with Gasteiger partial charge in [0.05, 0.1) is 0 Å². The molecule has 2 aromatic rings. The summed E-state index contributed by atoms with van der Waals surface area (Å²) in [5.74, 6) is 0. The molecule has 114 valence electrons. The van der Waals surface area contributed by atoms with E-state index in [1.807, 2.05) is 0 Å². The van der Waals surface area contributed by atoms with Crippen molar-refractivity contribution in [2.75, 3.05) is 26.2 Å². The number of hydrogen-bond donors (Lipinski definition) is 0. The van der Waals surface area contributed by atoms with Crippen LogP contribution in [-0.2, 0) is 12.8 Å². The van der Waals surface area contributed by atoms with Gasteiger partial charge in [-0.25, -0.2) is 0 Å². The van der Waals surface area contributed by atoms with E-state index in [9.17, 15) is 0 Å². The largest absolute Gasteiger partial charge is 0.296 e. The van der Waals surface area contributed by atoms with Crippen LogP contribution in [0, 0.1) is 0 Å². The molecule has 0 radical (unpaired) electrons. The van der Waals surface area contributed by atoms with Crippen LogP contribution in [0.25, 0.3) is 0 Å². The highest BCUT2D eigenvalue weighted by molar-refractivity contribution is 5.19. The molecule has 3 aliphatic rings. The number of piperazine rings is 3. The highest BCUT2D eigenvalue weighted by Gasteiger charge is 2.37. The van der Waals surface area contributed by atoms with Crippen molar-refractivity contribution in [2.45, 2.75) is 24.9 Å². The minimum absolute atomic E-state index is 0.697. The maximum Gasteiger partial charge on any atom is 0.0264 e. The van der Waals surface area contributed by atoms with E-state index in [1.165, 1.54) is 50.1 Å². The summed E-state index contributed by atoms with van der Waals surface area (Å²) in [6, 6.07) is 23.3. The topological polar surface area (TPSA) is 6.48 Å². The summed E-state index contributed by atoms with van der Waals surface area (Å²) in [7, 11) is 0. The minimum atomic E-state index is 0.697. The summed E-state index contributed by atoms with van der Waals surface area (Å²) in [6.07, 6.45) is 2.38. The minimum Gasteiger partial charge on any atom is -0.296 e. The summed E-state index contributed by atoms with van der Waals surface area (Å²) in [6.45, 7) is 4.93. The van der Waals surface area contributed by atoms with Crippen molar-refractivity contribution >= 4 is 0 Å². The third-order valence-corrected chi connectivity index (χ3v) is 5.23. The van der Waals surface area contributed by atoms with E-state index < -0.39 is 0 Å². The van der Waals surface area contributed by atoms with Crippen molar-refractivity contribution in [3.63, 3.8) is 0 Å². The monoisotopic (exact) mass is 292 g/mol. The molecular weight excluding hydrogens is 268 g/mol. The average Bonchev–Trinajstić information content (AvgIpc) is 2.58. The molecule has 0 saturated carbocycles. The van der Waals surface area contributed by atoms with Gasteiger partial charge < -0.3 is 0 Å². The zero-order valence-electron chi connectivity index (χ0n) is 13.1. The molecule has 2 unspecified atom stereocenters. The number of rotatable bonds is 4. The Balaban J connectivity index is 1.41. The Morgan fingerprint density at radius 2 is 1.05 bits per heavy atom. The van der Waals surface area contributed by atoms with Crippen LogP contribution in [-0.4, -0.2) is 48.1 Å². The van der Waals surface area contributed by atoms with Crippen LogP contribution >= 0.6 is 0 Å². The van der Waals surface area contributed by atoms with Crippen LogP contribution in [0.5, 0.6) is 0 Å². The molecule has 5 rings (SSSR count). The van der Waals surface area contributed by atoms with Crippen molar-refractivity contribution in [2.24, 2.45) is 0 Å². The van der Waals surface area contributed by atoms with E-state index in [1.54, 1.807) is 0 Å². The molecule has 4 atom stereocenters. The molecule has 3 fully saturated rings. The highest BCUT2D eigenvalue weighted by Crippen LogP contribution is 2.25. The Hall–Kier alpha value is -1.64.